The van der Waals surface area contributed by atoms with Crippen molar-refractivity contribution in [2.75, 3.05) is 25.0 Å². The van der Waals surface area contributed by atoms with Gasteiger partial charge in [-0.3, -0.25) is 0 Å². The third-order valence-electron chi connectivity index (χ3n) is 4.93. The summed E-state index contributed by atoms with van der Waals surface area (Å²) in [6.45, 7) is 9.97. The maximum Gasteiger partial charge on any atom is 0.165 e. The highest BCUT2D eigenvalue weighted by Crippen LogP contribution is 2.25. The van der Waals surface area contributed by atoms with Crippen LogP contribution < -0.4 is 5.32 Å². The summed E-state index contributed by atoms with van der Waals surface area (Å²) in [5, 5.41) is 4.01. The number of hydrogen-bond donors (Lipinski definition) is 1. The first kappa shape index (κ1) is 19.6. The van der Waals surface area contributed by atoms with Gasteiger partial charge in [-0.05, 0) is 63.7 Å². The summed E-state index contributed by atoms with van der Waals surface area (Å²) in [7, 11) is 0. The molecule has 7 heteroatoms. The lowest BCUT2D eigenvalue weighted by Crippen LogP contribution is -2.24. The van der Waals surface area contributed by atoms with Gasteiger partial charge in [0.15, 0.2) is 17.0 Å². The highest BCUT2D eigenvalue weighted by atomic mass is 35.5. The zero-order valence-corrected chi connectivity index (χ0v) is 16.9. The van der Waals surface area contributed by atoms with E-state index in [0.29, 0.717) is 16.9 Å². The summed E-state index contributed by atoms with van der Waals surface area (Å²) in [5.41, 5.74) is 2.56. The fourth-order valence-electron chi connectivity index (χ4n) is 3.23. The Bertz CT molecular complexity index is 857. The molecule has 0 saturated heterocycles. The van der Waals surface area contributed by atoms with Crippen molar-refractivity contribution in [3.8, 4) is 0 Å². The van der Waals surface area contributed by atoms with Gasteiger partial charge in [-0.15, -0.1) is 0 Å². The number of nitrogens with one attached hydrogen (secondary N) is 1. The molecule has 0 radical (unpaired) electrons. The summed E-state index contributed by atoms with van der Waals surface area (Å²) in [6.07, 6.45) is 5.70. The molecule has 2 heterocycles. The molecule has 0 saturated carbocycles. The van der Waals surface area contributed by atoms with Crippen molar-refractivity contribution in [3.63, 3.8) is 0 Å². The molecule has 1 atom stereocenters. The molecule has 0 aliphatic carbocycles. The van der Waals surface area contributed by atoms with Gasteiger partial charge < -0.3 is 14.8 Å². The van der Waals surface area contributed by atoms with Crippen molar-refractivity contribution in [3.05, 3.63) is 41.9 Å². The second-order valence-electron chi connectivity index (χ2n) is 6.70. The molecule has 0 spiro atoms. The number of halogens is 1. The lowest BCUT2D eigenvalue weighted by molar-refractivity contribution is 0.288. The fourth-order valence-corrected chi connectivity index (χ4v) is 3.35. The summed E-state index contributed by atoms with van der Waals surface area (Å²) in [5.74, 6) is 0.705. The first-order valence-electron chi connectivity index (χ1n) is 9.54. The molecule has 27 heavy (non-hydrogen) atoms. The van der Waals surface area contributed by atoms with Gasteiger partial charge in [-0.1, -0.05) is 25.4 Å². The van der Waals surface area contributed by atoms with E-state index >= 15 is 0 Å². The van der Waals surface area contributed by atoms with Crippen molar-refractivity contribution >= 4 is 34.3 Å². The average Bonchev–Trinajstić information content (AvgIpc) is 3.12. The minimum Gasteiger partial charge on any atom is -0.338 e. The van der Waals surface area contributed by atoms with Crippen molar-refractivity contribution < 1.29 is 0 Å². The molecule has 2 aromatic heterocycles. The molecule has 0 amide bonds. The second-order valence-corrected chi connectivity index (χ2v) is 7.13. The van der Waals surface area contributed by atoms with Gasteiger partial charge in [-0.25, -0.2) is 15.0 Å². The number of imidazole rings is 1. The Morgan fingerprint density at radius 3 is 2.56 bits per heavy atom. The predicted molar refractivity (Wildman–Crippen MR) is 112 cm³/mol. The molecule has 1 N–H and O–H groups in total. The maximum absolute atomic E-state index is 5.96. The van der Waals surface area contributed by atoms with Gasteiger partial charge in [0.1, 0.15) is 6.33 Å². The molecule has 1 unspecified atom stereocenters. The van der Waals surface area contributed by atoms with Gasteiger partial charge in [0.2, 0.25) is 0 Å². The third kappa shape index (κ3) is 4.76. The van der Waals surface area contributed by atoms with Gasteiger partial charge in [-0.2, -0.15) is 0 Å². The van der Waals surface area contributed by atoms with Crippen molar-refractivity contribution in [2.45, 2.75) is 39.7 Å². The van der Waals surface area contributed by atoms with E-state index in [0.717, 1.165) is 49.3 Å². The fraction of sp³-hybridized carbons (Fsp3) is 0.450. The quantitative estimate of drug-likeness (QED) is 0.566. The van der Waals surface area contributed by atoms with Crippen LogP contribution in [0.5, 0.6) is 0 Å². The summed E-state index contributed by atoms with van der Waals surface area (Å²) >= 11 is 5.96. The Labute approximate surface area is 165 Å². The van der Waals surface area contributed by atoms with Crippen molar-refractivity contribution in [2.24, 2.45) is 0 Å². The minimum absolute atomic E-state index is 0.337. The number of rotatable bonds is 9. The highest BCUT2D eigenvalue weighted by molar-refractivity contribution is 6.30. The third-order valence-corrected chi connectivity index (χ3v) is 5.18. The van der Waals surface area contributed by atoms with Crippen LogP contribution in [0, 0.1) is 0 Å². The standard InChI is InChI=1S/C20H27ClN6/c1-4-26(5-2)12-6-7-15(3)27-14-24-18-19(22-13-23-20(18)27)25-17-10-8-16(21)9-11-17/h8-11,13-15H,4-7,12H2,1-3H3,(H,22,23,25). The molecular weight excluding hydrogens is 360 g/mol. The van der Waals surface area contributed by atoms with Gasteiger partial charge >= 0.3 is 0 Å². The van der Waals surface area contributed by atoms with E-state index in [1.165, 1.54) is 0 Å². The molecule has 0 aliphatic heterocycles. The van der Waals surface area contributed by atoms with Crippen LogP contribution in [0.1, 0.15) is 39.7 Å². The van der Waals surface area contributed by atoms with E-state index < -0.39 is 0 Å². The predicted octanol–water partition coefficient (Wildman–Crippen LogP) is 4.91. The van der Waals surface area contributed by atoms with E-state index in [1.807, 2.05) is 30.6 Å². The lowest BCUT2D eigenvalue weighted by atomic mass is 10.1. The Morgan fingerprint density at radius 2 is 1.85 bits per heavy atom. The molecular formula is C20H27ClN6. The SMILES string of the molecule is CCN(CC)CCCC(C)n1cnc2c(Nc3ccc(Cl)cc3)ncnc21. The van der Waals surface area contributed by atoms with Crippen molar-refractivity contribution in [1.29, 1.82) is 0 Å². The van der Waals surface area contributed by atoms with Crippen LogP contribution in [0.15, 0.2) is 36.9 Å². The van der Waals surface area contributed by atoms with Crippen LogP contribution in [0.25, 0.3) is 11.2 Å². The number of benzene rings is 1. The number of anilines is 2. The van der Waals surface area contributed by atoms with Gasteiger partial charge in [0.05, 0.1) is 6.33 Å². The first-order valence-corrected chi connectivity index (χ1v) is 9.92. The molecule has 144 valence electrons. The zero-order valence-electron chi connectivity index (χ0n) is 16.2. The Balaban J connectivity index is 1.73. The van der Waals surface area contributed by atoms with Crippen LogP contribution >= 0.6 is 11.6 Å². The molecule has 0 bridgehead atoms. The first-order chi connectivity index (χ1) is 13.1. The van der Waals surface area contributed by atoms with E-state index in [4.69, 9.17) is 11.6 Å². The lowest BCUT2D eigenvalue weighted by Gasteiger charge is -2.20. The second kappa shape index (κ2) is 9.15. The molecule has 3 rings (SSSR count). The monoisotopic (exact) mass is 386 g/mol. The van der Waals surface area contributed by atoms with E-state index in [2.05, 4.69) is 50.5 Å². The van der Waals surface area contributed by atoms with Crippen LogP contribution in [-0.4, -0.2) is 44.1 Å². The Kier molecular flexibility index (Phi) is 6.63. The maximum atomic E-state index is 5.96. The average molecular weight is 387 g/mol. The van der Waals surface area contributed by atoms with E-state index in [-0.39, 0.29) is 0 Å². The number of hydrogen-bond acceptors (Lipinski definition) is 5. The van der Waals surface area contributed by atoms with Crippen LogP contribution in [0.4, 0.5) is 11.5 Å². The van der Waals surface area contributed by atoms with Crippen molar-refractivity contribution in [1.82, 2.24) is 24.4 Å². The van der Waals surface area contributed by atoms with Crippen LogP contribution in [0.2, 0.25) is 5.02 Å². The molecule has 6 nitrogen and oxygen atoms in total. The number of fused-ring (bicyclic) bond motifs is 1. The van der Waals surface area contributed by atoms with E-state index in [1.54, 1.807) is 6.33 Å². The summed E-state index contributed by atoms with van der Waals surface area (Å²) in [4.78, 5) is 15.9. The largest absolute Gasteiger partial charge is 0.338 e. The number of nitrogens with zero attached hydrogens (tertiary/aromatic N) is 5. The summed E-state index contributed by atoms with van der Waals surface area (Å²) < 4.78 is 2.15. The topological polar surface area (TPSA) is 58.9 Å². The molecule has 1 aromatic carbocycles. The van der Waals surface area contributed by atoms with Crippen LogP contribution in [0.3, 0.4) is 0 Å². The minimum atomic E-state index is 0.337. The summed E-state index contributed by atoms with van der Waals surface area (Å²) in [6, 6.07) is 7.87. The van der Waals surface area contributed by atoms with Crippen LogP contribution in [-0.2, 0) is 0 Å². The number of aromatic nitrogens is 4. The Morgan fingerprint density at radius 1 is 1.11 bits per heavy atom. The molecule has 0 aliphatic rings. The molecule has 3 aromatic rings. The normalized spacial score (nSPS) is 12.6. The highest BCUT2D eigenvalue weighted by Gasteiger charge is 2.14. The van der Waals surface area contributed by atoms with Gasteiger partial charge in [0.25, 0.3) is 0 Å². The van der Waals surface area contributed by atoms with Gasteiger partial charge in [0, 0.05) is 16.8 Å². The smallest absolute Gasteiger partial charge is 0.165 e. The Hall–Kier alpha value is -2.18. The van der Waals surface area contributed by atoms with E-state index in [9.17, 15) is 0 Å². The molecule has 0 fully saturated rings. The zero-order chi connectivity index (χ0) is 19.2.